The van der Waals surface area contributed by atoms with Crippen molar-refractivity contribution in [3.8, 4) is 0 Å². The van der Waals surface area contributed by atoms with Gasteiger partial charge in [0, 0.05) is 5.02 Å². The summed E-state index contributed by atoms with van der Waals surface area (Å²) < 4.78 is 4.91. The molecular weight excluding hydrogens is 194 g/mol. The average Bonchev–Trinajstić information content (AvgIpc) is 2.49. The van der Waals surface area contributed by atoms with Crippen LogP contribution in [0.3, 0.4) is 0 Å². The molecule has 5 heteroatoms. The van der Waals surface area contributed by atoms with Crippen LogP contribution >= 0.6 is 11.6 Å². The molecule has 0 saturated heterocycles. The third kappa shape index (κ3) is 1.25. The van der Waals surface area contributed by atoms with Crippen molar-refractivity contribution in [1.29, 1.82) is 0 Å². The van der Waals surface area contributed by atoms with Crippen LogP contribution < -0.4 is 0 Å². The summed E-state index contributed by atoms with van der Waals surface area (Å²) in [6.45, 7) is 0. The third-order valence-electron chi connectivity index (χ3n) is 1.63. The van der Waals surface area contributed by atoms with Crippen LogP contribution in [0, 0.1) is 0 Å². The predicted octanol–water partition coefficient (Wildman–Crippen LogP) is 2.18. The quantitative estimate of drug-likeness (QED) is 0.761. The van der Waals surface area contributed by atoms with Gasteiger partial charge in [-0.15, -0.1) is 0 Å². The summed E-state index contributed by atoms with van der Waals surface area (Å²) in [5.74, 6) is -1.08. The van der Waals surface area contributed by atoms with Gasteiger partial charge in [-0.2, -0.15) is 0 Å². The number of oxazole rings is 1. The molecule has 0 radical (unpaired) electrons. The number of halogens is 1. The molecule has 1 N–H and O–H groups in total. The number of benzene rings is 1. The van der Waals surface area contributed by atoms with Crippen LogP contribution in [0.1, 0.15) is 10.4 Å². The van der Waals surface area contributed by atoms with Crippen LogP contribution in [0.4, 0.5) is 0 Å². The van der Waals surface area contributed by atoms with Gasteiger partial charge in [-0.25, -0.2) is 9.78 Å². The summed E-state index contributed by atoms with van der Waals surface area (Å²) in [6, 6.07) is 2.88. The van der Waals surface area contributed by atoms with Gasteiger partial charge >= 0.3 is 5.97 Å². The Labute approximate surface area is 77.8 Å². The number of carboxylic acids is 1. The van der Waals surface area contributed by atoms with E-state index in [9.17, 15) is 4.79 Å². The van der Waals surface area contributed by atoms with Crippen molar-refractivity contribution in [2.24, 2.45) is 0 Å². The molecule has 0 aliphatic carbocycles. The average molecular weight is 198 g/mol. The Bertz CT molecular complexity index is 477. The summed E-state index contributed by atoms with van der Waals surface area (Å²) in [4.78, 5) is 14.5. The van der Waals surface area contributed by atoms with Crippen LogP contribution in [0.25, 0.3) is 11.1 Å². The summed E-state index contributed by atoms with van der Waals surface area (Å²) in [7, 11) is 0. The molecule has 2 aromatic rings. The number of rotatable bonds is 1. The predicted molar refractivity (Wildman–Crippen MR) is 46.0 cm³/mol. The molecule has 0 aliphatic rings. The lowest BCUT2D eigenvalue weighted by atomic mass is 10.2. The van der Waals surface area contributed by atoms with Gasteiger partial charge in [0.25, 0.3) is 0 Å². The molecule has 4 nitrogen and oxygen atoms in total. The standard InChI is InChI=1S/C8H4ClNO3/c9-4-1-5(8(11)12)7-6(2-4)10-3-13-7/h1-3H,(H,11,12). The van der Waals surface area contributed by atoms with E-state index in [1.807, 2.05) is 0 Å². The minimum atomic E-state index is -1.08. The van der Waals surface area contributed by atoms with Crippen molar-refractivity contribution in [2.75, 3.05) is 0 Å². The van der Waals surface area contributed by atoms with Gasteiger partial charge in [-0.05, 0) is 12.1 Å². The van der Waals surface area contributed by atoms with Gasteiger partial charge in [0.15, 0.2) is 12.0 Å². The number of nitrogens with zero attached hydrogens (tertiary/aromatic N) is 1. The van der Waals surface area contributed by atoms with Crippen LogP contribution in [0.15, 0.2) is 22.9 Å². The molecule has 0 atom stereocenters. The lowest BCUT2D eigenvalue weighted by Crippen LogP contribution is -1.96. The molecule has 1 heterocycles. The van der Waals surface area contributed by atoms with Crippen molar-refractivity contribution >= 4 is 28.7 Å². The van der Waals surface area contributed by atoms with E-state index in [2.05, 4.69) is 4.98 Å². The maximum Gasteiger partial charge on any atom is 0.339 e. The van der Waals surface area contributed by atoms with Gasteiger partial charge < -0.3 is 9.52 Å². The first kappa shape index (κ1) is 8.07. The van der Waals surface area contributed by atoms with Crippen molar-refractivity contribution in [3.63, 3.8) is 0 Å². The lowest BCUT2D eigenvalue weighted by Gasteiger charge is -1.95. The van der Waals surface area contributed by atoms with Crippen molar-refractivity contribution in [3.05, 3.63) is 29.1 Å². The molecule has 13 heavy (non-hydrogen) atoms. The molecule has 0 unspecified atom stereocenters. The first-order valence-electron chi connectivity index (χ1n) is 3.44. The first-order valence-corrected chi connectivity index (χ1v) is 3.82. The molecule has 0 bridgehead atoms. The smallest absolute Gasteiger partial charge is 0.339 e. The van der Waals surface area contributed by atoms with Crippen molar-refractivity contribution in [1.82, 2.24) is 4.98 Å². The van der Waals surface area contributed by atoms with Crippen LogP contribution in [-0.2, 0) is 0 Å². The van der Waals surface area contributed by atoms with Crippen LogP contribution in [-0.4, -0.2) is 16.1 Å². The number of hydrogen-bond acceptors (Lipinski definition) is 3. The van der Waals surface area contributed by atoms with Crippen LogP contribution in [0.2, 0.25) is 5.02 Å². The van der Waals surface area contributed by atoms with E-state index in [1.54, 1.807) is 6.07 Å². The Balaban J connectivity index is 2.84. The highest BCUT2D eigenvalue weighted by Gasteiger charge is 2.13. The lowest BCUT2D eigenvalue weighted by molar-refractivity contribution is 0.0698. The second-order valence-electron chi connectivity index (χ2n) is 2.46. The van der Waals surface area contributed by atoms with Crippen molar-refractivity contribution in [2.45, 2.75) is 0 Å². The summed E-state index contributed by atoms with van der Waals surface area (Å²) in [5, 5.41) is 9.11. The zero-order valence-electron chi connectivity index (χ0n) is 6.32. The molecule has 0 amide bonds. The van der Waals surface area contributed by atoms with E-state index in [0.29, 0.717) is 10.5 Å². The SMILES string of the molecule is O=C(O)c1cc(Cl)cc2ncoc12. The maximum absolute atomic E-state index is 10.7. The zero-order valence-corrected chi connectivity index (χ0v) is 7.08. The van der Waals surface area contributed by atoms with Gasteiger partial charge in [-0.1, -0.05) is 11.6 Å². The molecule has 1 aromatic carbocycles. The highest BCUT2D eigenvalue weighted by molar-refractivity contribution is 6.31. The fourth-order valence-corrected chi connectivity index (χ4v) is 1.31. The Morgan fingerprint density at radius 2 is 2.31 bits per heavy atom. The second-order valence-corrected chi connectivity index (χ2v) is 2.90. The maximum atomic E-state index is 10.7. The summed E-state index contributed by atoms with van der Waals surface area (Å²) in [5.41, 5.74) is 0.724. The number of aromatic carboxylic acids is 1. The number of carboxylic acid groups (broad SMARTS) is 1. The molecule has 2 rings (SSSR count). The molecule has 0 spiro atoms. The number of aromatic nitrogens is 1. The highest BCUT2D eigenvalue weighted by atomic mass is 35.5. The third-order valence-corrected chi connectivity index (χ3v) is 1.85. The highest BCUT2D eigenvalue weighted by Crippen LogP contribution is 2.22. The summed E-state index contributed by atoms with van der Waals surface area (Å²) in [6.07, 6.45) is 1.19. The van der Waals surface area contributed by atoms with Gasteiger partial charge in [0.05, 0.1) is 0 Å². The number of carbonyl (C=O) groups is 1. The van der Waals surface area contributed by atoms with Gasteiger partial charge in [0.1, 0.15) is 11.1 Å². The fraction of sp³-hybridized carbons (Fsp3) is 0. The summed E-state index contributed by atoms with van der Waals surface area (Å²) >= 11 is 5.68. The van der Waals surface area contributed by atoms with E-state index in [4.69, 9.17) is 21.1 Å². The zero-order chi connectivity index (χ0) is 9.42. The first-order chi connectivity index (χ1) is 6.18. The molecule has 0 aliphatic heterocycles. The molecule has 1 aromatic heterocycles. The number of fused-ring (bicyclic) bond motifs is 1. The van der Waals surface area contributed by atoms with E-state index in [-0.39, 0.29) is 11.1 Å². The minimum Gasteiger partial charge on any atom is -0.478 e. The van der Waals surface area contributed by atoms with Crippen LogP contribution in [0.5, 0.6) is 0 Å². The monoisotopic (exact) mass is 197 g/mol. The van der Waals surface area contributed by atoms with E-state index >= 15 is 0 Å². The number of hydrogen-bond donors (Lipinski definition) is 1. The molecule has 0 saturated carbocycles. The normalized spacial score (nSPS) is 10.5. The molecular formula is C8H4ClNO3. The largest absolute Gasteiger partial charge is 0.478 e. The second kappa shape index (κ2) is 2.74. The molecule has 0 fully saturated rings. The van der Waals surface area contributed by atoms with Gasteiger partial charge in [0.2, 0.25) is 0 Å². The van der Waals surface area contributed by atoms with E-state index < -0.39 is 5.97 Å². The van der Waals surface area contributed by atoms with Crippen molar-refractivity contribution < 1.29 is 14.3 Å². The van der Waals surface area contributed by atoms with E-state index in [1.165, 1.54) is 12.5 Å². The Morgan fingerprint density at radius 3 is 3.00 bits per heavy atom. The van der Waals surface area contributed by atoms with E-state index in [0.717, 1.165) is 0 Å². The Morgan fingerprint density at radius 1 is 1.54 bits per heavy atom. The Kier molecular flexibility index (Phi) is 1.70. The molecule has 66 valence electrons. The minimum absolute atomic E-state index is 0.0278. The fourth-order valence-electron chi connectivity index (χ4n) is 1.09. The Hall–Kier alpha value is -1.55. The van der Waals surface area contributed by atoms with Gasteiger partial charge in [-0.3, -0.25) is 0 Å². The topological polar surface area (TPSA) is 63.3 Å².